The second-order valence-electron chi connectivity index (χ2n) is 6.58. The first-order valence-electron chi connectivity index (χ1n) is 7.59. The Bertz CT molecular complexity index is 645. The summed E-state index contributed by atoms with van der Waals surface area (Å²) < 4.78 is 0. The first-order chi connectivity index (χ1) is 10.4. The van der Waals surface area contributed by atoms with Crippen LogP contribution in [-0.4, -0.2) is 12.5 Å². The van der Waals surface area contributed by atoms with E-state index in [1.165, 1.54) is 11.1 Å². The number of anilines is 1. The number of hydrogen-bond donors (Lipinski definition) is 2. The van der Waals surface area contributed by atoms with Crippen LogP contribution < -0.4 is 11.1 Å². The maximum atomic E-state index is 12.0. The van der Waals surface area contributed by atoms with E-state index in [2.05, 4.69) is 50.4 Å². The first-order valence-corrected chi connectivity index (χ1v) is 7.59. The number of amides is 1. The minimum atomic E-state index is -0.0846. The number of hydrogen-bond acceptors (Lipinski definition) is 2. The fraction of sp³-hybridized carbons (Fsp3) is 0.316. The summed E-state index contributed by atoms with van der Waals surface area (Å²) in [5.74, 6) is -0.0846. The smallest absolute Gasteiger partial charge is 0.251 e. The molecule has 0 aliphatic rings. The van der Waals surface area contributed by atoms with Gasteiger partial charge in [0.15, 0.2) is 0 Å². The van der Waals surface area contributed by atoms with Crippen LogP contribution in [0.1, 0.15) is 42.3 Å². The van der Waals surface area contributed by atoms with E-state index in [0.717, 1.165) is 6.42 Å². The molecule has 23 heavy (non-hydrogen) atoms. The lowest BCUT2D eigenvalue weighted by Crippen LogP contribution is -2.25. The van der Waals surface area contributed by atoms with E-state index in [1.54, 1.807) is 24.3 Å². The lowest BCUT2D eigenvalue weighted by Gasteiger charge is -2.19. The second kappa shape index (κ2) is 8.02. The monoisotopic (exact) mass is 332 g/mol. The zero-order valence-corrected chi connectivity index (χ0v) is 14.7. The fourth-order valence-electron chi connectivity index (χ4n) is 2.27. The van der Waals surface area contributed by atoms with E-state index in [1.807, 2.05) is 0 Å². The molecule has 0 heterocycles. The molecule has 0 spiro atoms. The Kier molecular flexibility index (Phi) is 6.64. The Balaban J connectivity index is 0.00000264. The van der Waals surface area contributed by atoms with Crippen molar-refractivity contribution in [1.82, 2.24) is 5.32 Å². The number of nitrogens with one attached hydrogen (secondary N) is 1. The van der Waals surface area contributed by atoms with Gasteiger partial charge in [-0.3, -0.25) is 4.79 Å². The first kappa shape index (κ1) is 19.0. The Morgan fingerprint density at radius 3 is 2.30 bits per heavy atom. The van der Waals surface area contributed by atoms with Crippen LogP contribution in [0.4, 0.5) is 5.69 Å². The van der Waals surface area contributed by atoms with Crippen molar-refractivity contribution in [3.63, 3.8) is 0 Å². The summed E-state index contributed by atoms with van der Waals surface area (Å²) in [5, 5.41) is 2.93. The van der Waals surface area contributed by atoms with Crippen molar-refractivity contribution in [3.8, 4) is 0 Å². The highest BCUT2D eigenvalue weighted by Gasteiger charge is 2.12. The summed E-state index contributed by atoms with van der Waals surface area (Å²) in [7, 11) is 0. The molecule has 0 unspecified atom stereocenters. The summed E-state index contributed by atoms with van der Waals surface area (Å²) in [6, 6.07) is 15.6. The third-order valence-electron chi connectivity index (χ3n) is 3.67. The molecule has 0 aliphatic heterocycles. The molecule has 0 bridgehead atoms. The van der Waals surface area contributed by atoms with E-state index in [9.17, 15) is 4.79 Å². The molecule has 4 heteroatoms. The maximum absolute atomic E-state index is 12.0. The van der Waals surface area contributed by atoms with Gasteiger partial charge >= 0.3 is 0 Å². The van der Waals surface area contributed by atoms with Gasteiger partial charge < -0.3 is 11.1 Å². The highest BCUT2D eigenvalue weighted by atomic mass is 35.5. The molecule has 0 aliphatic carbocycles. The quantitative estimate of drug-likeness (QED) is 0.833. The van der Waals surface area contributed by atoms with Crippen LogP contribution in [0.5, 0.6) is 0 Å². The van der Waals surface area contributed by atoms with Crippen molar-refractivity contribution in [1.29, 1.82) is 0 Å². The van der Waals surface area contributed by atoms with Crippen LogP contribution in [0, 0.1) is 0 Å². The normalized spacial score (nSPS) is 10.7. The van der Waals surface area contributed by atoms with E-state index in [0.29, 0.717) is 17.8 Å². The van der Waals surface area contributed by atoms with Crippen LogP contribution in [0.25, 0.3) is 0 Å². The molecular weight excluding hydrogens is 308 g/mol. The molecule has 2 aromatic carbocycles. The fourth-order valence-corrected chi connectivity index (χ4v) is 2.27. The van der Waals surface area contributed by atoms with Gasteiger partial charge in [0.05, 0.1) is 0 Å². The van der Waals surface area contributed by atoms with Crippen LogP contribution in [0.2, 0.25) is 0 Å². The number of halogens is 1. The van der Waals surface area contributed by atoms with Crippen molar-refractivity contribution >= 4 is 24.0 Å². The number of benzene rings is 2. The Labute approximate surface area is 144 Å². The van der Waals surface area contributed by atoms with Crippen LogP contribution >= 0.6 is 12.4 Å². The third kappa shape index (κ3) is 5.61. The topological polar surface area (TPSA) is 55.1 Å². The van der Waals surface area contributed by atoms with Crippen molar-refractivity contribution in [3.05, 3.63) is 65.2 Å². The molecule has 3 N–H and O–H groups in total. The van der Waals surface area contributed by atoms with Gasteiger partial charge in [-0.05, 0) is 41.2 Å². The number of carbonyl (C=O) groups is 1. The van der Waals surface area contributed by atoms with Crippen molar-refractivity contribution in [2.45, 2.75) is 32.6 Å². The van der Waals surface area contributed by atoms with Gasteiger partial charge in [-0.25, -0.2) is 0 Å². The molecule has 2 aromatic rings. The molecular formula is C19H25ClN2O. The largest absolute Gasteiger partial charge is 0.399 e. The van der Waals surface area contributed by atoms with Gasteiger partial charge in [0.25, 0.3) is 5.91 Å². The predicted molar refractivity (Wildman–Crippen MR) is 99.3 cm³/mol. The molecule has 2 rings (SSSR count). The average molecular weight is 333 g/mol. The minimum absolute atomic E-state index is 0. The molecule has 0 saturated heterocycles. The Morgan fingerprint density at radius 2 is 1.74 bits per heavy atom. The Hall–Kier alpha value is -2.00. The van der Waals surface area contributed by atoms with Crippen molar-refractivity contribution in [2.75, 3.05) is 12.3 Å². The summed E-state index contributed by atoms with van der Waals surface area (Å²) in [4.78, 5) is 12.0. The van der Waals surface area contributed by atoms with E-state index >= 15 is 0 Å². The van der Waals surface area contributed by atoms with E-state index in [4.69, 9.17) is 5.73 Å². The Morgan fingerprint density at radius 1 is 1.09 bits per heavy atom. The predicted octanol–water partition coefficient (Wildman–Crippen LogP) is 3.96. The SMILES string of the molecule is CC(C)(C)c1ccc(CCNC(=O)c2cccc(N)c2)cc1.Cl. The van der Waals surface area contributed by atoms with E-state index < -0.39 is 0 Å². The molecule has 124 valence electrons. The van der Waals surface area contributed by atoms with Gasteiger partial charge in [-0.2, -0.15) is 0 Å². The molecule has 0 aromatic heterocycles. The third-order valence-corrected chi connectivity index (χ3v) is 3.67. The van der Waals surface area contributed by atoms with E-state index in [-0.39, 0.29) is 23.7 Å². The van der Waals surface area contributed by atoms with Gasteiger partial charge in [-0.1, -0.05) is 51.1 Å². The second-order valence-corrected chi connectivity index (χ2v) is 6.58. The van der Waals surface area contributed by atoms with Gasteiger partial charge in [-0.15, -0.1) is 12.4 Å². The lowest BCUT2D eigenvalue weighted by molar-refractivity contribution is 0.0954. The molecule has 0 fully saturated rings. The lowest BCUT2D eigenvalue weighted by atomic mass is 9.86. The standard InChI is InChI=1S/C19H24N2O.ClH/c1-19(2,3)16-9-7-14(8-10-16)11-12-21-18(22)15-5-4-6-17(20)13-15;/h4-10,13H,11-12,20H2,1-3H3,(H,21,22);1H. The number of nitrogens with two attached hydrogens (primary N) is 1. The summed E-state index contributed by atoms with van der Waals surface area (Å²) in [5.41, 5.74) is 9.60. The van der Waals surface area contributed by atoms with Gasteiger partial charge in [0.1, 0.15) is 0 Å². The highest BCUT2D eigenvalue weighted by molar-refractivity contribution is 5.94. The summed E-state index contributed by atoms with van der Waals surface area (Å²) in [6.45, 7) is 7.22. The molecule has 0 atom stereocenters. The molecule has 0 radical (unpaired) electrons. The zero-order chi connectivity index (χ0) is 16.2. The maximum Gasteiger partial charge on any atom is 0.251 e. The molecule has 0 saturated carbocycles. The summed E-state index contributed by atoms with van der Waals surface area (Å²) in [6.07, 6.45) is 0.818. The van der Waals surface area contributed by atoms with Crippen molar-refractivity contribution < 1.29 is 4.79 Å². The van der Waals surface area contributed by atoms with Crippen LogP contribution in [0.15, 0.2) is 48.5 Å². The summed E-state index contributed by atoms with van der Waals surface area (Å²) >= 11 is 0. The molecule has 1 amide bonds. The number of rotatable bonds is 4. The highest BCUT2D eigenvalue weighted by Crippen LogP contribution is 2.22. The average Bonchev–Trinajstić information content (AvgIpc) is 2.47. The van der Waals surface area contributed by atoms with Crippen molar-refractivity contribution in [2.24, 2.45) is 0 Å². The minimum Gasteiger partial charge on any atom is -0.399 e. The zero-order valence-electron chi connectivity index (χ0n) is 13.9. The number of carbonyl (C=O) groups excluding carboxylic acids is 1. The van der Waals surface area contributed by atoms with Crippen LogP contribution in [0.3, 0.4) is 0 Å². The van der Waals surface area contributed by atoms with Crippen LogP contribution in [-0.2, 0) is 11.8 Å². The number of nitrogen functional groups attached to an aromatic ring is 1. The van der Waals surface area contributed by atoms with Gasteiger partial charge in [0.2, 0.25) is 0 Å². The molecule has 3 nitrogen and oxygen atoms in total. The van der Waals surface area contributed by atoms with Gasteiger partial charge in [0, 0.05) is 17.8 Å².